The Bertz CT molecular complexity index is 1100. The van der Waals surface area contributed by atoms with Gasteiger partial charge in [0.05, 0.1) is 12.1 Å². The van der Waals surface area contributed by atoms with Crippen LogP contribution < -0.4 is 15.8 Å². The minimum Gasteiger partial charge on any atom is -0.489 e. The van der Waals surface area contributed by atoms with Gasteiger partial charge in [-0.1, -0.05) is 36.4 Å². The van der Waals surface area contributed by atoms with E-state index in [1.807, 2.05) is 0 Å². The molecule has 0 aromatic heterocycles. The SMILES string of the molecule is CN/C=C1\C(=N)C=C(COc2ccccc2CC(=O)O)C=C1c1cccc(CN)c1F. The Balaban J connectivity index is 1.94. The van der Waals surface area contributed by atoms with Crippen molar-refractivity contribution in [2.24, 2.45) is 5.73 Å². The average Bonchev–Trinajstić information content (AvgIpc) is 2.74. The number of benzene rings is 2. The number of rotatable bonds is 8. The molecule has 0 fully saturated rings. The van der Waals surface area contributed by atoms with E-state index in [2.05, 4.69) is 5.32 Å². The van der Waals surface area contributed by atoms with Crippen molar-refractivity contribution in [3.63, 3.8) is 0 Å². The van der Waals surface area contributed by atoms with E-state index in [0.717, 1.165) is 0 Å². The molecule has 0 atom stereocenters. The Morgan fingerprint density at radius 2 is 1.94 bits per heavy atom. The van der Waals surface area contributed by atoms with Crippen LogP contribution in [0, 0.1) is 11.2 Å². The maximum absolute atomic E-state index is 15.0. The zero-order valence-electron chi connectivity index (χ0n) is 17.1. The number of allylic oxidation sites excluding steroid dienone is 3. The second-order valence-corrected chi connectivity index (χ2v) is 6.99. The zero-order chi connectivity index (χ0) is 22.4. The number of carboxylic acids is 1. The maximum Gasteiger partial charge on any atom is 0.307 e. The molecular formula is C24H24FN3O3. The molecule has 0 heterocycles. The summed E-state index contributed by atoms with van der Waals surface area (Å²) >= 11 is 0. The molecule has 1 aliphatic carbocycles. The van der Waals surface area contributed by atoms with Gasteiger partial charge in [0.1, 0.15) is 18.2 Å². The Labute approximate surface area is 180 Å². The van der Waals surface area contributed by atoms with E-state index in [1.54, 1.807) is 67.9 Å². The van der Waals surface area contributed by atoms with Crippen molar-refractivity contribution in [3.8, 4) is 5.75 Å². The summed E-state index contributed by atoms with van der Waals surface area (Å²) < 4.78 is 20.9. The van der Waals surface area contributed by atoms with Crippen LogP contribution in [0.3, 0.4) is 0 Å². The first kappa shape index (κ1) is 22.0. The molecule has 5 N–H and O–H groups in total. The lowest BCUT2D eigenvalue weighted by molar-refractivity contribution is -0.136. The van der Waals surface area contributed by atoms with E-state index in [4.69, 9.17) is 21.0 Å². The van der Waals surface area contributed by atoms with Gasteiger partial charge in [0.15, 0.2) is 0 Å². The van der Waals surface area contributed by atoms with Crippen molar-refractivity contribution in [3.05, 3.63) is 94.5 Å². The highest BCUT2D eigenvalue weighted by molar-refractivity contribution is 6.19. The molecule has 1 aliphatic rings. The van der Waals surface area contributed by atoms with Crippen LogP contribution in [-0.2, 0) is 17.8 Å². The molecule has 0 saturated heterocycles. The zero-order valence-corrected chi connectivity index (χ0v) is 17.1. The van der Waals surface area contributed by atoms with Crippen molar-refractivity contribution in [2.75, 3.05) is 13.7 Å². The summed E-state index contributed by atoms with van der Waals surface area (Å²) in [6, 6.07) is 11.9. The summed E-state index contributed by atoms with van der Waals surface area (Å²) in [6.45, 7) is 0.176. The van der Waals surface area contributed by atoms with Crippen LogP contribution in [0.2, 0.25) is 0 Å². The van der Waals surface area contributed by atoms with E-state index >= 15 is 4.39 Å². The van der Waals surface area contributed by atoms with Gasteiger partial charge in [-0.2, -0.15) is 0 Å². The molecule has 2 aromatic rings. The number of para-hydroxylation sites is 1. The first-order valence-electron chi connectivity index (χ1n) is 9.74. The third-order valence-corrected chi connectivity index (χ3v) is 4.83. The molecule has 0 saturated carbocycles. The highest BCUT2D eigenvalue weighted by Crippen LogP contribution is 2.32. The lowest BCUT2D eigenvalue weighted by atomic mass is 9.87. The number of hydrogen-bond donors (Lipinski definition) is 4. The highest BCUT2D eigenvalue weighted by Gasteiger charge is 2.21. The van der Waals surface area contributed by atoms with Crippen LogP contribution >= 0.6 is 0 Å². The molecule has 0 bridgehead atoms. The Morgan fingerprint density at radius 3 is 2.65 bits per heavy atom. The van der Waals surface area contributed by atoms with E-state index in [1.165, 1.54) is 0 Å². The van der Waals surface area contributed by atoms with Crippen molar-refractivity contribution in [1.29, 1.82) is 5.41 Å². The molecule has 7 heteroatoms. The maximum atomic E-state index is 15.0. The molecule has 0 spiro atoms. The van der Waals surface area contributed by atoms with E-state index in [0.29, 0.717) is 39.2 Å². The summed E-state index contributed by atoms with van der Waals surface area (Å²) in [5.74, 6) is -0.908. The van der Waals surface area contributed by atoms with Crippen molar-refractivity contribution in [2.45, 2.75) is 13.0 Å². The van der Waals surface area contributed by atoms with Crippen LogP contribution in [0.15, 0.2) is 72.0 Å². The smallest absolute Gasteiger partial charge is 0.307 e. The fourth-order valence-corrected chi connectivity index (χ4v) is 3.38. The molecule has 0 unspecified atom stereocenters. The molecular weight excluding hydrogens is 397 g/mol. The second kappa shape index (κ2) is 9.86. The Kier molecular flexibility index (Phi) is 6.99. The lowest BCUT2D eigenvalue weighted by Gasteiger charge is -2.20. The van der Waals surface area contributed by atoms with Gasteiger partial charge in [-0.05, 0) is 29.4 Å². The fraction of sp³-hybridized carbons (Fsp3) is 0.167. The normalized spacial score (nSPS) is 14.8. The molecule has 0 amide bonds. The quantitative estimate of drug-likeness (QED) is 0.522. The molecule has 31 heavy (non-hydrogen) atoms. The third kappa shape index (κ3) is 5.07. The fourth-order valence-electron chi connectivity index (χ4n) is 3.38. The van der Waals surface area contributed by atoms with E-state index in [-0.39, 0.29) is 25.3 Å². The predicted octanol–water partition coefficient (Wildman–Crippen LogP) is 3.44. The summed E-state index contributed by atoms with van der Waals surface area (Å²) in [5, 5.41) is 20.4. The molecule has 160 valence electrons. The summed E-state index contributed by atoms with van der Waals surface area (Å²) in [7, 11) is 1.71. The number of aliphatic carboxylic acids is 1. The van der Waals surface area contributed by atoms with Crippen LogP contribution in [-0.4, -0.2) is 30.4 Å². The predicted molar refractivity (Wildman–Crippen MR) is 118 cm³/mol. The number of halogens is 1. The number of nitrogens with one attached hydrogen (secondary N) is 2. The molecule has 6 nitrogen and oxygen atoms in total. The summed E-state index contributed by atoms with van der Waals surface area (Å²) in [6.07, 6.45) is 4.92. The van der Waals surface area contributed by atoms with Crippen molar-refractivity contribution in [1.82, 2.24) is 5.32 Å². The topological polar surface area (TPSA) is 108 Å². The summed E-state index contributed by atoms with van der Waals surface area (Å²) in [4.78, 5) is 11.1. The number of hydrogen-bond acceptors (Lipinski definition) is 5. The largest absolute Gasteiger partial charge is 0.489 e. The third-order valence-electron chi connectivity index (χ3n) is 4.83. The molecule has 3 rings (SSSR count). The van der Waals surface area contributed by atoms with Gasteiger partial charge in [0.2, 0.25) is 0 Å². The van der Waals surface area contributed by atoms with Gasteiger partial charge in [0.25, 0.3) is 0 Å². The van der Waals surface area contributed by atoms with E-state index in [9.17, 15) is 4.79 Å². The van der Waals surface area contributed by atoms with Gasteiger partial charge < -0.3 is 26.3 Å². The van der Waals surface area contributed by atoms with E-state index < -0.39 is 11.8 Å². The second-order valence-electron chi connectivity index (χ2n) is 6.99. The molecule has 0 aliphatic heterocycles. The molecule has 0 radical (unpaired) electrons. The van der Waals surface area contributed by atoms with Crippen molar-refractivity contribution < 1.29 is 19.0 Å². The Morgan fingerprint density at radius 1 is 1.19 bits per heavy atom. The highest BCUT2D eigenvalue weighted by atomic mass is 19.1. The lowest BCUT2D eigenvalue weighted by Crippen LogP contribution is -2.15. The Hall–Kier alpha value is -3.71. The minimum absolute atomic E-state index is 0.0711. The number of nitrogens with two attached hydrogens (primary N) is 1. The average molecular weight is 421 g/mol. The van der Waals surface area contributed by atoms with Crippen molar-refractivity contribution >= 4 is 17.3 Å². The van der Waals surface area contributed by atoms with Crippen LogP contribution in [0.1, 0.15) is 16.7 Å². The van der Waals surface area contributed by atoms with Crippen LogP contribution in [0.4, 0.5) is 4.39 Å². The first-order valence-corrected chi connectivity index (χ1v) is 9.74. The summed E-state index contributed by atoms with van der Waals surface area (Å²) in [5.41, 5.74) is 8.93. The van der Waals surface area contributed by atoms with Gasteiger partial charge in [-0.3, -0.25) is 4.79 Å². The minimum atomic E-state index is -0.950. The number of ether oxygens (including phenoxy) is 1. The van der Waals surface area contributed by atoms with Gasteiger partial charge >= 0.3 is 5.97 Å². The standard InChI is InChI=1S/C24H24FN3O3/c1-28-13-20-19(18-7-4-6-17(12-26)24(18)25)9-15(10-21(20)27)14-31-22-8-3-2-5-16(22)11-23(29)30/h2-10,13,27-28H,11-12,14,26H2,1H3,(H,29,30)/b20-13-,27-21?. The van der Waals surface area contributed by atoms with Gasteiger partial charge in [-0.25, -0.2) is 4.39 Å². The number of carboxylic acid groups (broad SMARTS) is 1. The molecule has 2 aromatic carbocycles. The monoisotopic (exact) mass is 421 g/mol. The first-order chi connectivity index (χ1) is 14.9. The number of carbonyl (C=O) groups is 1. The van der Waals surface area contributed by atoms with Gasteiger partial charge in [-0.15, -0.1) is 0 Å². The van der Waals surface area contributed by atoms with Gasteiger partial charge in [0, 0.05) is 42.1 Å². The van der Waals surface area contributed by atoms with Crippen LogP contribution in [0.25, 0.3) is 5.57 Å². The van der Waals surface area contributed by atoms with Crippen LogP contribution in [0.5, 0.6) is 5.75 Å².